The van der Waals surface area contributed by atoms with E-state index in [2.05, 4.69) is 10.4 Å². The Morgan fingerprint density at radius 1 is 1.07 bits per heavy atom. The Bertz CT molecular complexity index is 1040. The Morgan fingerprint density at radius 2 is 1.85 bits per heavy atom. The third-order valence-corrected chi connectivity index (χ3v) is 4.15. The van der Waals surface area contributed by atoms with E-state index in [-0.39, 0.29) is 18.3 Å². The van der Waals surface area contributed by atoms with E-state index in [0.29, 0.717) is 11.3 Å². The SMILES string of the molecule is O=C(NCc1cn(-c2ccccc2)nc1-c1ccc(F)cc1)c1ccoc1. The lowest BCUT2D eigenvalue weighted by molar-refractivity contribution is 0.0950. The van der Waals surface area contributed by atoms with Crippen molar-refractivity contribution in [3.8, 4) is 16.9 Å². The predicted molar refractivity (Wildman–Crippen MR) is 98.8 cm³/mol. The minimum Gasteiger partial charge on any atom is -0.472 e. The van der Waals surface area contributed by atoms with Crippen LogP contribution in [0.5, 0.6) is 0 Å². The van der Waals surface area contributed by atoms with Crippen LogP contribution in [-0.2, 0) is 6.54 Å². The lowest BCUT2D eigenvalue weighted by Gasteiger charge is -2.04. The largest absolute Gasteiger partial charge is 0.472 e. The summed E-state index contributed by atoms with van der Waals surface area (Å²) < 4.78 is 20.0. The third-order valence-electron chi connectivity index (χ3n) is 4.15. The van der Waals surface area contributed by atoms with Crippen LogP contribution in [-0.4, -0.2) is 15.7 Å². The monoisotopic (exact) mass is 361 g/mol. The molecular formula is C21H16FN3O2. The van der Waals surface area contributed by atoms with Crippen molar-refractivity contribution in [2.24, 2.45) is 0 Å². The van der Waals surface area contributed by atoms with Crippen molar-refractivity contribution in [1.82, 2.24) is 15.1 Å². The number of hydrogen-bond acceptors (Lipinski definition) is 3. The maximum atomic E-state index is 13.3. The highest BCUT2D eigenvalue weighted by atomic mass is 19.1. The molecule has 1 N–H and O–H groups in total. The van der Waals surface area contributed by atoms with Crippen molar-refractivity contribution >= 4 is 5.91 Å². The Morgan fingerprint density at radius 3 is 2.56 bits per heavy atom. The molecule has 134 valence electrons. The van der Waals surface area contributed by atoms with Crippen molar-refractivity contribution in [2.75, 3.05) is 0 Å². The zero-order valence-corrected chi connectivity index (χ0v) is 14.3. The summed E-state index contributed by atoms with van der Waals surface area (Å²) in [7, 11) is 0. The molecule has 4 aromatic rings. The van der Waals surface area contributed by atoms with Crippen molar-refractivity contribution in [3.63, 3.8) is 0 Å². The molecule has 0 aliphatic rings. The second-order valence-corrected chi connectivity index (χ2v) is 5.98. The Hall–Kier alpha value is -3.67. The number of para-hydroxylation sites is 1. The summed E-state index contributed by atoms with van der Waals surface area (Å²) in [5, 5.41) is 7.51. The van der Waals surface area contributed by atoms with E-state index in [1.165, 1.54) is 24.7 Å². The van der Waals surface area contributed by atoms with Crippen LogP contribution in [0.1, 0.15) is 15.9 Å². The van der Waals surface area contributed by atoms with Gasteiger partial charge in [-0.3, -0.25) is 4.79 Å². The number of nitrogens with zero attached hydrogens (tertiary/aromatic N) is 2. The van der Waals surface area contributed by atoms with Gasteiger partial charge in [0.2, 0.25) is 0 Å². The van der Waals surface area contributed by atoms with Gasteiger partial charge in [-0.15, -0.1) is 0 Å². The van der Waals surface area contributed by atoms with Crippen LogP contribution in [0.4, 0.5) is 4.39 Å². The normalized spacial score (nSPS) is 10.7. The molecule has 0 unspecified atom stereocenters. The van der Waals surface area contributed by atoms with E-state index in [4.69, 9.17) is 4.42 Å². The first-order valence-corrected chi connectivity index (χ1v) is 8.41. The fourth-order valence-corrected chi connectivity index (χ4v) is 2.77. The van der Waals surface area contributed by atoms with E-state index in [9.17, 15) is 9.18 Å². The molecule has 0 aliphatic carbocycles. The van der Waals surface area contributed by atoms with Crippen LogP contribution in [0, 0.1) is 5.82 Å². The summed E-state index contributed by atoms with van der Waals surface area (Å²) in [6.45, 7) is 0.281. The Labute approximate surface area is 155 Å². The molecule has 0 aliphatic heterocycles. The second kappa shape index (κ2) is 7.29. The van der Waals surface area contributed by atoms with Gasteiger partial charge in [-0.25, -0.2) is 9.07 Å². The van der Waals surface area contributed by atoms with Gasteiger partial charge in [-0.05, 0) is 42.5 Å². The molecule has 0 radical (unpaired) electrons. The second-order valence-electron chi connectivity index (χ2n) is 5.98. The first-order chi connectivity index (χ1) is 13.2. The van der Waals surface area contributed by atoms with Gasteiger partial charge in [-0.1, -0.05) is 18.2 Å². The average Bonchev–Trinajstić information content (AvgIpc) is 3.38. The van der Waals surface area contributed by atoms with Crippen LogP contribution in [0.25, 0.3) is 16.9 Å². The van der Waals surface area contributed by atoms with Crippen molar-refractivity contribution < 1.29 is 13.6 Å². The number of rotatable bonds is 5. The van der Waals surface area contributed by atoms with E-state index < -0.39 is 0 Å². The fourth-order valence-electron chi connectivity index (χ4n) is 2.77. The first-order valence-electron chi connectivity index (χ1n) is 8.41. The van der Waals surface area contributed by atoms with Crippen molar-refractivity contribution in [2.45, 2.75) is 6.54 Å². The fraction of sp³-hybridized carbons (Fsp3) is 0.0476. The smallest absolute Gasteiger partial charge is 0.254 e. The summed E-state index contributed by atoms with van der Waals surface area (Å²) in [5.74, 6) is -0.544. The number of aromatic nitrogens is 2. The van der Waals surface area contributed by atoms with E-state index >= 15 is 0 Å². The number of carbonyl (C=O) groups is 1. The maximum absolute atomic E-state index is 13.3. The molecule has 0 saturated carbocycles. The summed E-state index contributed by atoms with van der Waals surface area (Å²) in [5.41, 5.74) is 3.63. The molecule has 0 atom stereocenters. The summed E-state index contributed by atoms with van der Waals surface area (Å²) >= 11 is 0. The molecule has 0 bridgehead atoms. The molecule has 0 saturated heterocycles. The minimum atomic E-state index is -0.309. The van der Waals surface area contributed by atoms with E-state index in [1.807, 2.05) is 36.5 Å². The lowest BCUT2D eigenvalue weighted by Crippen LogP contribution is -2.22. The Balaban J connectivity index is 1.66. The molecule has 2 aromatic heterocycles. The van der Waals surface area contributed by atoms with Gasteiger partial charge in [0.05, 0.1) is 23.2 Å². The highest BCUT2D eigenvalue weighted by molar-refractivity contribution is 5.93. The molecule has 2 aromatic carbocycles. The van der Waals surface area contributed by atoms with Crippen molar-refractivity contribution in [3.05, 3.63) is 96.3 Å². The van der Waals surface area contributed by atoms with Gasteiger partial charge in [0.25, 0.3) is 5.91 Å². The summed E-state index contributed by atoms with van der Waals surface area (Å²) in [6, 6.07) is 17.4. The summed E-state index contributed by atoms with van der Waals surface area (Å²) in [6.07, 6.45) is 4.71. The van der Waals surface area contributed by atoms with E-state index in [0.717, 1.165) is 16.8 Å². The van der Waals surface area contributed by atoms with Crippen LogP contribution in [0.3, 0.4) is 0 Å². The van der Waals surface area contributed by atoms with Crippen LogP contribution < -0.4 is 5.32 Å². The molecule has 0 spiro atoms. The molecule has 1 amide bonds. The molecule has 4 rings (SSSR count). The molecule has 27 heavy (non-hydrogen) atoms. The number of nitrogens with one attached hydrogen (secondary N) is 1. The van der Waals surface area contributed by atoms with Gasteiger partial charge in [0.15, 0.2) is 0 Å². The quantitative estimate of drug-likeness (QED) is 0.579. The zero-order valence-electron chi connectivity index (χ0n) is 14.3. The topological polar surface area (TPSA) is 60.1 Å². The molecule has 0 fully saturated rings. The number of halogens is 1. The number of amides is 1. The molecule has 5 nitrogen and oxygen atoms in total. The first kappa shape index (κ1) is 16.8. The number of benzene rings is 2. The van der Waals surface area contributed by atoms with Gasteiger partial charge in [0, 0.05) is 23.9 Å². The van der Waals surface area contributed by atoms with Gasteiger partial charge in [-0.2, -0.15) is 5.10 Å². The summed E-state index contributed by atoms with van der Waals surface area (Å²) in [4.78, 5) is 12.2. The minimum absolute atomic E-state index is 0.235. The van der Waals surface area contributed by atoms with E-state index in [1.54, 1.807) is 22.9 Å². The van der Waals surface area contributed by atoms with Gasteiger partial charge >= 0.3 is 0 Å². The number of carbonyl (C=O) groups excluding carboxylic acids is 1. The standard InChI is InChI=1S/C21H16FN3O2/c22-18-8-6-15(7-9-18)20-17(12-23-21(26)16-10-11-27-14-16)13-25(24-20)19-4-2-1-3-5-19/h1-11,13-14H,12H2,(H,23,26). The molecular weight excluding hydrogens is 345 g/mol. The number of hydrogen-bond donors (Lipinski definition) is 1. The van der Waals surface area contributed by atoms with Gasteiger partial charge in [0.1, 0.15) is 12.1 Å². The number of furan rings is 1. The predicted octanol–water partition coefficient (Wildman–Crippen LogP) is 4.20. The van der Waals surface area contributed by atoms with Crippen LogP contribution in [0.15, 0.2) is 83.8 Å². The van der Waals surface area contributed by atoms with Gasteiger partial charge < -0.3 is 9.73 Å². The third kappa shape index (κ3) is 3.64. The molecule has 2 heterocycles. The highest BCUT2D eigenvalue weighted by Gasteiger charge is 2.14. The highest BCUT2D eigenvalue weighted by Crippen LogP contribution is 2.24. The van der Waals surface area contributed by atoms with Crippen LogP contribution >= 0.6 is 0 Å². The molecule has 6 heteroatoms. The lowest BCUT2D eigenvalue weighted by atomic mass is 10.1. The Kier molecular flexibility index (Phi) is 4.53. The zero-order chi connectivity index (χ0) is 18.6. The maximum Gasteiger partial charge on any atom is 0.254 e. The van der Waals surface area contributed by atoms with Crippen LogP contribution in [0.2, 0.25) is 0 Å². The average molecular weight is 361 g/mol. The van der Waals surface area contributed by atoms with Crippen molar-refractivity contribution in [1.29, 1.82) is 0 Å².